The van der Waals surface area contributed by atoms with E-state index in [9.17, 15) is 18.0 Å². The standard InChI is InChI=1S/C19H30N4O4S/c1-5-20-19(25)16(4)21-18(24)13-22-8-10-23(11-9-22)28(26,27)17-12-14(2)6-7-15(17)3/h6-7,12,16H,5,8-11,13H2,1-4H3,(H,20,25)(H,21,24)/p+1/t16-/m0/s1. The molecule has 0 unspecified atom stereocenters. The molecular weight excluding hydrogens is 380 g/mol. The molecule has 156 valence electrons. The molecule has 8 nitrogen and oxygen atoms in total. The Hall–Kier alpha value is -1.97. The van der Waals surface area contributed by atoms with Crippen LogP contribution in [0.15, 0.2) is 23.1 Å². The van der Waals surface area contributed by atoms with Crippen molar-refractivity contribution in [3.63, 3.8) is 0 Å². The van der Waals surface area contributed by atoms with E-state index in [1.165, 1.54) is 4.31 Å². The van der Waals surface area contributed by atoms with Crippen LogP contribution in [0.3, 0.4) is 0 Å². The van der Waals surface area contributed by atoms with Crippen LogP contribution in [0, 0.1) is 13.8 Å². The van der Waals surface area contributed by atoms with Crippen LogP contribution in [-0.4, -0.2) is 69.8 Å². The summed E-state index contributed by atoms with van der Waals surface area (Å²) in [5.41, 5.74) is 1.64. The molecule has 1 fully saturated rings. The molecule has 1 saturated heterocycles. The molecule has 1 aromatic rings. The van der Waals surface area contributed by atoms with E-state index in [4.69, 9.17) is 0 Å². The molecule has 9 heteroatoms. The summed E-state index contributed by atoms with van der Waals surface area (Å²) in [5.74, 6) is -0.421. The van der Waals surface area contributed by atoms with E-state index in [2.05, 4.69) is 10.6 Å². The van der Waals surface area contributed by atoms with Crippen LogP contribution >= 0.6 is 0 Å². The van der Waals surface area contributed by atoms with Crippen LogP contribution < -0.4 is 15.5 Å². The number of hydrogen-bond acceptors (Lipinski definition) is 4. The number of aryl methyl sites for hydroxylation is 2. The van der Waals surface area contributed by atoms with Gasteiger partial charge in [-0.2, -0.15) is 4.31 Å². The van der Waals surface area contributed by atoms with Crippen molar-refractivity contribution in [1.82, 2.24) is 14.9 Å². The van der Waals surface area contributed by atoms with E-state index in [1.807, 2.05) is 26.0 Å². The molecule has 0 saturated carbocycles. The average Bonchev–Trinajstić information content (AvgIpc) is 2.64. The average molecular weight is 412 g/mol. The van der Waals surface area contributed by atoms with Crippen molar-refractivity contribution < 1.29 is 22.9 Å². The fourth-order valence-electron chi connectivity index (χ4n) is 3.26. The minimum Gasteiger partial charge on any atom is -0.355 e. The largest absolute Gasteiger partial charge is 0.355 e. The third kappa shape index (κ3) is 5.52. The fraction of sp³-hybridized carbons (Fsp3) is 0.579. The topological polar surface area (TPSA) is 100 Å². The molecular formula is C19H31N4O4S+. The molecule has 0 bridgehead atoms. The molecule has 1 aliphatic heterocycles. The second kappa shape index (κ2) is 9.49. The van der Waals surface area contributed by atoms with E-state index in [1.54, 1.807) is 19.9 Å². The molecule has 0 aromatic heterocycles. The van der Waals surface area contributed by atoms with Crippen molar-refractivity contribution in [3.8, 4) is 0 Å². The monoisotopic (exact) mass is 411 g/mol. The predicted octanol–water partition coefficient (Wildman–Crippen LogP) is -1.17. The highest BCUT2D eigenvalue weighted by Crippen LogP contribution is 2.21. The zero-order valence-corrected chi connectivity index (χ0v) is 17.9. The Labute approximate surface area is 167 Å². The first-order valence-electron chi connectivity index (χ1n) is 9.63. The molecule has 3 N–H and O–H groups in total. The van der Waals surface area contributed by atoms with E-state index < -0.39 is 16.1 Å². The molecule has 2 amide bonds. The quantitative estimate of drug-likeness (QED) is 0.527. The van der Waals surface area contributed by atoms with Gasteiger partial charge in [0.25, 0.3) is 5.91 Å². The van der Waals surface area contributed by atoms with Gasteiger partial charge in [0.15, 0.2) is 6.54 Å². The van der Waals surface area contributed by atoms with Gasteiger partial charge in [-0.05, 0) is 44.9 Å². The number of piperazine rings is 1. The number of carbonyl (C=O) groups excluding carboxylic acids is 2. The van der Waals surface area contributed by atoms with Gasteiger partial charge in [0.05, 0.1) is 31.1 Å². The second-order valence-electron chi connectivity index (χ2n) is 7.28. The predicted molar refractivity (Wildman–Crippen MR) is 107 cm³/mol. The van der Waals surface area contributed by atoms with E-state index in [0.29, 0.717) is 37.6 Å². The highest BCUT2D eigenvalue weighted by atomic mass is 32.2. The van der Waals surface area contributed by atoms with Crippen molar-refractivity contribution in [2.24, 2.45) is 0 Å². The molecule has 0 aliphatic carbocycles. The normalized spacial score (nSPS) is 17.1. The van der Waals surface area contributed by atoms with Gasteiger partial charge in [0, 0.05) is 6.54 Å². The van der Waals surface area contributed by atoms with E-state index in [0.717, 1.165) is 16.0 Å². The summed E-state index contributed by atoms with van der Waals surface area (Å²) in [5, 5.41) is 5.36. The van der Waals surface area contributed by atoms with E-state index >= 15 is 0 Å². The molecule has 1 atom stereocenters. The van der Waals surface area contributed by atoms with Gasteiger partial charge >= 0.3 is 0 Å². The maximum absolute atomic E-state index is 13.0. The molecule has 1 heterocycles. The molecule has 1 aliphatic rings. The van der Waals surface area contributed by atoms with Gasteiger partial charge in [-0.15, -0.1) is 0 Å². The highest BCUT2D eigenvalue weighted by Gasteiger charge is 2.32. The van der Waals surface area contributed by atoms with Crippen LogP contribution in [-0.2, 0) is 19.6 Å². The van der Waals surface area contributed by atoms with E-state index in [-0.39, 0.29) is 18.4 Å². The molecule has 0 radical (unpaired) electrons. The van der Waals surface area contributed by atoms with Crippen molar-refractivity contribution in [2.45, 2.75) is 38.6 Å². The van der Waals surface area contributed by atoms with Crippen LogP contribution in [0.4, 0.5) is 0 Å². The number of carbonyl (C=O) groups is 2. The number of sulfonamides is 1. The summed E-state index contributed by atoms with van der Waals surface area (Å²) in [4.78, 5) is 25.2. The van der Waals surface area contributed by atoms with Crippen LogP contribution in [0.25, 0.3) is 0 Å². The number of benzene rings is 1. The maximum atomic E-state index is 13.0. The molecule has 0 spiro atoms. The van der Waals surface area contributed by atoms with Gasteiger partial charge in [0.1, 0.15) is 6.04 Å². The lowest BCUT2D eigenvalue weighted by atomic mass is 10.2. The minimum atomic E-state index is -3.54. The first-order chi connectivity index (χ1) is 13.1. The van der Waals surface area contributed by atoms with Gasteiger partial charge in [-0.1, -0.05) is 12.1 Å². The Morgan fingerprint density at radius 2 is 1.86 bits per heavy atom. The van der Waals surface area contributed by atoms with Gasteiger partial charge in [0.2, 0.25) is 15.9 Å². The van der Waals surface area contributed by atoms with Crippen LogP contribution in [0.1, 0.15) is 25.0 Å². The minimum absolute atomic E-state index is 0.209. The summed E-state index contributed by atoms with van der Waals surface area (Å²) < 4.78 is 27.4. The lowest BCUT2D eigenvalue weighted by Gasteiger charge is -2.31. The van der Waals surface area contributed by atoms with Crippen molar-refractivity contribution >= 4 is 21.8 Å². The summed E-state index contributed by atoms with van der Waals surface area (Å²) in [6, 6.07) is 4.85. The zero-order valence-electron chi connectivity index (χ0n) is 17.0. The fourth-order valence-corrected chi connectivity index (χ4v) is 5.01. The third-order valence-electron chi connectivity index (χ3n) is 4.92. The Balaban J connectivity index is 1.91. The van der Waals surface area contributed by atoms with Crippen LogP contribution in [0.2, 0.25) is 0 Å². The SMILES string of the molecule is CCNC(=O)[C@H](C)NC(=O)C[NH+]1CCN(S(=O)(=O)c2cc(C)ccc2C)CC1. The van der Waals surface area contributed by atoms with Gasteiger partial charge in [-0.3, -0.25) is 9.59 Å². The van der Waals surface area contributed by atoms with Crippen molar-refractivity contribution in [2.75, 3.05) is 39.3 Å². The first kappa shape index (κ1) is 22.3. The van der Waals surface area contributed by atoms with Gasteiger partial charge < -0.3 is 15.5 Å². The summed E-state index contributed by atoms with van der Waals surface area (Å²) >= 11 is 0. The van der Waals surface area contributed by atoms with Crippen LogP contribution in [0.5, 0.6) is 0 Å². The summed E-state index contributed by atoms with van der Waals surface area (Å²) in [6.07, 6.45) is 0. The number of hydrogen-bond donors (Lipinski definition) is 3. The number of nitrogens with zero attached hydrogens (tertiary/aromatic N) is 1. The summed E-state index contributed by atoms with van der Waals surface area (Å²) in [7, 11) is -3.54. The maximum Gasteiger partial charge on any atom is 0.275 e. The lowest BCUT2D eigenvalue weighted by Crippen LogP contribution is -3.15. The Morgan fingerprint density at radius 1 is 1.21 bits per heavy atom. The zero-order chi connectivity index (χ0) is 20.9. The Kier molecular flexibility index (Phi) is 7.56. The number of quaternary nitrogens is 1. The number of rotatable bonds is 7. The number of nitrogens with one attached hydrogen (secondary N) is 3. The van der Waals surface area contributed by atoms with Crippen molar-refractivity contribution in [3.05, 3.63) is 29.3 Å². The number of likely N-dealkylation sites (N-methyl/N-ethyl adjacent to an activating group) is 1. The molecule has 28 heavy (non-hydrogen) atoms. The third-order valence-corrected chi connectivity index (χ3v) is 6.96. The number of amides is 2. The van der Waals surface area contributed by atoms with Crippen molar-refractivity contribution in [1.29, 1.82) is 0 Å². The smallest absolute Gasteiger partial charge is 0.275 e. The Morgan fingerprint density at radius 3 is 2.46 bits per heavy atom. The highest BCUT2D eigenvalue weighted by molar-refractivity contribution is 7.89. The molecule has 2 rings (SSSR count). The lowest BCUT2D eigenvalue weighted by molar-refractivity contribution is -0.895. The van der Waals surface area contributed by atoms with Gasteiger partial charge in [-0.25, -0.2) is 8.42 Å². The summed E-state index contributed by atoms with van der Waals surface area (Å²) in [6.45, 7) is 9.71. The Bertz CT molecular complexity index is 817. The molecule has 1 aromatic carbocycles. The first-order valence-corrected chi connectivity index (χ1v) is 11.1. The second-order valence-corrected chi connectivity index (χ2v) is 9.19.